The van der Waals surface area contributed by atoms with Gasteiger partial charge in [-0.2, -0.15) is 0 Å². The van der Waals surface area contributed by atoms with Gasteiger partial charge in [0.2, 0.25) is 11.8 Å². The van der Waals surface area contributed by atoms with Crippen molar-refractivity contribution in [2.75, 3.05) is 18.0 Å². The molecule has 4 atom stereocenters. The Bertz CT molecular complexity index is 876. The number of fused-ring (bicyclic) bond motifs is 1. The highest BCUT2D eigenvalue weighted by Crippen LogP contribution is 2.40. The van der Waals surface area contributed by atoms with Gasteiger partial charge in [-0.3, -0.25) is 14.4 Å². The zero-order chi connectivity index (χ0) is 25.6. The van der Waals surface area contributed by atoms with Gasteiger partial charge in [0, 0.05) is 30.4 Å². The summed E-state index contributed by atoms with van der Waals surface area (Å²) >= 11 is 1.46. The average molecular weight is 494 g/mol. The molecule has 9 heteroatoms. The predicted octanol–water partition coefficient (Wildman–Crippen LogP) is 2.87. The highest BCUT2D eigenvalue weighted by molar-refractivity contribution is 8.00. The van der Waals surface area contributed by atoms with Crippen molar-refractivity contribution < 1.29 is 24.6 Å². The van der Waals surface area contributed by atoms with Crippen molar-refractivity contribution in [1.29, 1.82) is 0 Å². The Hall–Kier alpha value is -2.10. The topological polar surface area (TPSA) is 133 Å². The Kier molecular flexibility index (Phi) is 9.96. The van der Waals surface area contributed by atoms with Crippen molar-refractivity contribution in [3.05, 3.63) is 24.3 Å². The summed E-state index contributed by atoms with van der Waals surface area (Å²) in [7, 11) is 0. The molecule has 1 aromatic carbocycles. The number of aliphatic hydroxyl groups is 1. The standard InChI is InChI=1S/C25H39N3O5S/c1-6-27-23(31)21-14-28(18-9-7-8-10-20(18)34-21)22(30)13-25(4,5)12-17(26)19(29)11-16(15(2)3)24(32)33/h7-10,15-17,19,21,29H,6,11-14,26H2,1-5H3,(H,27,31)(H,32,33)/t16-,17-,19-,21+/m0/s1. The van der Waals surface area contributed by atoms with Gasteiger partial charge in [0.15, 0.2) is 0 Å². The molecule has 1 aliphatic heterocycles. The fourth-order valence-electron chi connectivity index (χ4n) is 4.34. The van der Waals surface area contributed by atoms with Gasteiger partial charge in [0.25, 0.3) is 0 Å². The van der Waals surface area contributed by atoms with E-state index in [2.05, 4.69) is 5.32 Å². The van der Waals surface area contributed by atoms with Crippen LogP contribution in [-0.4, -0.2) is 58.5 Å². The van der Waals surface area contributed by atoms with Gasteiger partial charge in [-0.05, 0) is 43.2 Å². The second-order valence-electron chi connectivity index (χ2n) is 10.2. The van der Waals surface area contributed by atoms with E-state index >= 15 is 0 Å². The number of aliphatic hydroxyl groups excluding tert-OH is 1. The lowest BCUT2D eigenvalue weighted by molar-refractivity contribution is -0.144. The van der Waals surface area contributed by atoms with Crippen LogP contribution in [-0.2, 0) is 14.4 Å². The average Bonchev–Trinajstić information content (AvgIpc) is 2.75. The van der Waals surface area contributed by atoms with Crippen LogP contribution in [0.4, 0.5) is 5.69 Å². The molecule has 0 bridgehead atoms. The molecule has 34 heavy (non-hydrogen) atoms. The van der Waals surface area contributed by atoms with E-state index in [1.165, 1.54) is 11.8 Å². The second-order valence-corrected chi connectivity index (χ2v) is 11.4. The van der Waals surface area contributed by atoms with Crippen LogP contribution in [0, 0.1) is 17.3 Å². The van der Waals surface area contributed by atoms with Crippen molar-refractivity contribution in [3.8, 4) is 0 Å². The first kappa shape index (κ1) is 28.1. The summed E-state index contributed by atoms with van der Waals surface area (Å²) in [5.41, 5.74) is 6.51. The van der Waals surface area contributed by atoms with Crippen LogP contribution >= 0.6 is 11.8 Å². The zero-order valence-electron chi connectivity index (χ0n) is 20.8. The number of anilines is 1. The highest BCUT2D eigenvalue weighted by Gasteiger charge is 2.36. The Balaban J connectivity index is 2.10. The van der Waals surface area contributed by atoms with Crippen LogP contribution in [0.15, 0.2) is 29.2 Å². The quantitative estimate of drug-likeness (QED) is 0.372. The molecule has 0 saturated carbocycles. The van der Waals surface area contributed by atoms with Crippen molar-refractivity contribution in [1.82, 2.24) is 5.32 Å². The van der Waals surface area contributed by atoms with E-state index in [1.54, 1.807) is 4.90 Å². The number of hydrogen-bond acceptors (Lipinski definition) is 6. The number of carboxylic acids is 1. The molecule has 0 saturated heterocycles. The van der Waals surface area contributed by atoms with Crippen LogP contribution in [0.2, 0.25) is 0 Å². The van der Waals surface area contributed by atoms with E-state index in [0.29, 0.717) is 13.0 Å². The number of hydrogen-bond donors (Lipinski definition) is 4. The van der Waals surface area contributed by atoms with Crippen molar-refractivity contribution in [2.24, 2.45) is 23.0 Å². The number of benzene rings is 1. The van der Waals surface area contributed by atoms with Gasteiger partial charge in [-0.1, -0.05) is 39.8 Å². The highest BCUT2D eigenvalue weighted by atomic mass is 32.2. The predicted molar refractivity (Wildman–Crippen MR) is 135 cm³/mol. The van der Waals surface area contributed by atoms with Gasteiger partial charge < -0.3 is 26.2 Å². The molecule has 0 radical (unpaired) electrons. The Morgan fingerprint density at radius 1 is 1.26 bits per heavy atom. The molecule has 190 valence electrons. The second kappa shape index (κ2) is 12.0. The number of rotatable bonds is 11. The molecule has 1 aromatic rings. The summed E-state index contributed by atoms with van der Waals surface area (Å²) in [6, 6.07) is 6.90. The van der Waals surface area contributed by atoms with Crippen LogP contribution in [0.25, 0.3) is 0 Å². The Labute approximate surface area is 206 Å². The molecule has 5 N–H and O–H groups in total. The van der Waals surface area contributed by atoms with Gasteiger partial charge >= 0.3 is 5.97 Å². The third-order valence-corrected chi connectivity index (χ3v) is 7.49. The van der Waals surface area contributed by atoms with Crippen molar-refractivity contribution >= 4 is 35.2 Å². The number of carbonyl (C=O) groups excluding carboxylic acids is 2. The Morgan fingerprint density at radius 3 is 2.50 bits per heavy atom. The molecule has 1 aliphatic rings. The minimum atomic E-state index is -0.980. The molecule has 0 fully saturated rings. The molecule has 2 rings (SSSR count). The lowest BCUT2D eigenvalue weighted by Gasteiger charge is -2.36. The number of nitrogens with one attached hydrogen (secondary N) is 1. The lowest BCUT2D eigenvalue weighted by atomic mass is 9.79. The number of carbonyl (C=O) groups is 3. The van der Waals surface area contributed by atoms with Gasteiger partial charge in [-0.25, -0.2) is 0 Å². The smallest absolute Gasteiger partial charge is 0.306 e. The number of nitrogens with two attached hydrogens (primary N) is 1. The van der Waals surface area contributed by atoms with Crippen LogP contribution in [0.1, 0.15) is 53.9 Å². The maximum absolute atomic E-state index is 13.4. The molecule has 2 amide bonds. The number of thioether (sulfide) groups is 1. The summed E-state index contributed by atoms with van der Waals surface area (Å²) in [5.74, 6) is -1.95. The first-order chi connectivity index (χ1) is 15.9. The molecular formula is C25H39N3O5S. The monoisotopic (exact) mass is 493 g/mol. The van der Waals surface area contributed by atoms with Crippen molar-refractivity contribution in [2.45, 2.75) is 76.2 Å². The fraction of sp³-hybridized carbons (Fsp3) is 0.640. The largest absolute Gasteiger partial charge is 0.481 e. The van der Waals surface area contributed by atoms with E-state index in [-0.39, 0.29) is 37.1 Å². The molecule has 0 aliphatic carbocycles. The normalized spacial score (nSPS) is 18.7. The summed E-state index contributed by atoms with van der Waals surface area (Å²) in [6.07, 6.45) is -0.370. The van der Waals surface area contributed by atoms with Crippen molar-refractivity contribution in [3.63, 3.8) is 0 Å². The Morgan fingerprint density at radius 2 is 1.91 bits per heavy atom. The van der Waals surface area contributed by atoms with E-state index in [4.69, 9.17) is 5.73 Å². The van der Waals surface area contributed by atoms with Gasteiger partial charge in [-0.15, -0.1) is 11.8 Å². The number of amides is 2. The summed E-state index contributed by atoms with van der Waals surface area (Å²) in [5, 5.41) is 22.4. The van der Waals surface area contributed by atoms with Gasteiger partial charge in [0.1, 0.15) is 5.25 Å². The molecule has 0 aromatic heterocycles. The van der Waals surface area contributed by atoms with Crippen LogP contribution in [0.3, 0.4) is 0 Å². The third kappa shape index (κ3) is 7.45. The minimum Gasteiger partial charge on any atom is -0.481 e. The molecular weight excluding hydrogens is 454 g/mol. The maximum Gasteiger partial charge on any atom is 0.306 e. The fourth-order valence-corrected chi connectivity index (χ4v) is 5.52. The molecule has 0 unspecified atom stereocenters. The number of aliphatic carboxylic acids is 1. The minimum absolute atomic E-state index is 0.0726. The first-order valence-electron chi connectivity index (χ1n) is 11.9. The molecule has 1 heterocycles. The summed E-state index contributed by atoms with van der Waals surface area (Å²) in [4.78, 5) is 40.0. The summed E-state index contributed by atoms with van der Waals surface area (Å²) < 4.78 is 0. The number of nitrogens with zero attached hydrogens (tertiary/aromatic N) is 1. The number of carboxylic acid groups (broad SMARTS) is 1. The van der Waals surface area contributed by atoms with Crippen LogP contribution in [0.5, 0.6) is 0 Å². The van der Waals surface area contributed by atoms with E-state index in [9.17, 15) is 24.6 Å². The van der Waals surface area contributed by atoms with Gasteiger partial charge in [0.05, 0.1) is 17.7 Å². The third-order valence-electron chi connectivity index (χ3n) is 6.25. The summed E-state index contributed by atoms with van der Waals surface area (Å²) in [6.45, 7) is 10.1. The van der Waals surface area contributed by atoms with Crippen LogP contribution < -0.4 is 16.0 Å². The lowest BCUT2D eigenvalue weighted by Crippen LogP contribution is -2.47. The van der Waals surface area contributed by atoms with E-state index < -0.39 is 34.7 Å². The van der Waals surface area contributed by atoms with E-state index in [1.807, 2.05) is 58.9 Å². The maximum atomic E-state index is 13.4. The zero-order valence-corrected chi connectivity index (χ0v) is 21.6. The molecule has 0 spiro atoms. The molecule has 8 nitrogen and oxygen atoms in total. The SMILES string of the molecule is CCNC(=O)[C@H]1CN(C(=O)CC(C)(C)C[C@H](N)[C@@H](O)C[C@H](C(=O)O)C(C)C)c2ccccc2S1. The number of para-hydroxylation sites is 1. The first-order valence-corrected chi connectivity index (χ1v) is 12.7. The van der Waals surface area contributed by atoms with E-state index in [0.717, 1.165) is 10.6 Å².